The number of rotatable bonds is 4. The van der Waals surface area contributed by atoms with Gasteiger partial charge in [0.15, 0.2) is 11.1 Å². The van der Waals surface area contributed by atoms with Gasteiger partial charge in [0.1, 0.15) is 11.6 Å². The van der Waals surface area contributed by atoms with Gasteiger partial charge in [0.25, 0.3) is 5.56 Å². The topological polar surface area (TPSA) is 86.5 Å². The number of aryl methyl sites for hydroxylation is 1. The van der Waals surface area contributed by atoms with Gasteiger partial charge in [-0.3, -0.25) is 9.69 Å². The zero-order chi connectivity index (χ0) is 23.6. The molecule has 2 aromatic carbocycles. The van der Waals surface area contributed by atoms with Crippen LogP contribution in [0.15, 0.2) is 33.5 Å². The molecule has 0 amide bonds. The molecule has 0 unspecified atom stereocenters. The van der Waals surface area contributed by atoms with E-state index in [1.54, 1.807) is 16.7 Å². The van der Waals surface area contributed by atoms with Gasteiger partial charge in [-0.15, -0.1) is 0 Å². The van der Waals surface area contributed by atoms with Crippen molar-refractivity contribution >= 4 is 27.7 Å². The van der Waals surface area contributed by atoms with Crippen LogP contribution < -0.4 is 11.3 Å². The Labute approximate surface area is 193 Å². The Bertz CT molecular complexity index is 1500. The van der Waals surface area contributed by atoms with Crippen LogP contribution in [0.25, 0.3) is 33.1 Å². The number of oxazole rings is 1. The number of nitrogens with two attached hydrogens (primary N) is 1. The summed E-state index contributed by atoms with van der Waals surface area (Å²) in [6.07, 6.45) is 1.76. The van der Waals surface area contributed by atoms with Gasteiger partial charge in [0, 0.05) is 36.1 Å². The lowest BCUT2D eigenvalue weighted by Crippen LogP contribution is -2.35. The molecule has 0 bridgehead atoms. The molecular weight excluding hydrogens is 442 g/mol. The Morgan fingerprint density at radius 1 is 1.12 bits per heavy atom. The predicted octanol–water partition coefficient (Wildman–Crippen LogP) is 4.15. The van der Waals surface area contributed by atoms with Crippen molar-refractivity contribution in [3.63, 3.8) is 0 Å². The van der Waals surface area contributed by atoms with Gasteiger partial charge in [-0.1, -0.05) is 6.07 Å². The van der Waals surface area contributed by atoms with Gasteiger partial charge in [0.2, 0.25) is 5.89 Å². The number of benzene rings is 2. The number of ether oxygens (including phenoxy) is 1. The van der Waals surface area contributed by atoms with Crippen molar-refractivity contribution in [2.24, 2.45) is 0 Å². The van der Waals surface area contributed by atoms with Crippen LogP contribution >= 0.6 is 0 Å². The number of morpholine rings is 1. The molecule has 2 aromatic heterocycles. The summed E-state index contributed by atoms with van der Waals surface area (Å²) in [4.78, 5) is 20.3. The SMILES string of the molecule is Cc1c(-c2cc(F)c(N)cc2F)ccc2c3oc(CN4CCOCC4)nc3c(=O)n(C3CC3)c12. The van der Waals surface area contributed by atoms with Gasteiger partial charge < -0.3 is 19.5 Å². The molecule has 176 valence electrons. The van der Waals surface area contributed by atoms with E-state index in [0.717, 1.165) is 43.5 Å². The van der Waals surface area contributed by atoms with Crippen LogP contribution in [0.4, 0.5) is 14.5 Å². The molecule has 7 nitrogen and oxygen atoms in total. The second-order valence-electron chi connectivity index (χ2n) is 9.07. The quantitative estimate of drug-likeness (QED) is 0.455. The van der Waals surface area contributed by atoms with Crippen molar-refractivity contribution in [3.05, 3.63) is 57.7 Å². The lowest BCUT2D eigenvalue weighted by molar-refractivity contribution is 0.0308. The molecule has 1 aliphatic carbocycles. The molecule has 2 aliphatic rings. The number of hydrogen-bond donors (Lipinski definition) is 1. The number of hydrogen-bond acceptors (Lipinski definition) is 6. The third-order valence-electron chi connectivity index (χ3n) is 6.76. The molecule has 1 saturated carbocycles. The Balaban J connectivity index is 1.57. The molecule has 34 heavy (non-hydrogen) atoms. The highest BCUT2D eigenvalue weighted by molar-refractivity contribution is 6.04. The molecule has 2 N–H and O–H groups in total. The smallest absolute Gasteiger partial charge is 0.281 e. The third-order valence-corrected chi connectivity index (χ3v) is 6.76. The monoisotopic (exact) mass is 466 g/mol. The summed E-state index contributed by atoms with van der Waals surface area (Å²) >= 11 is 0. The highest BCUT2D eigenvalue weighted by atomic mass is 19.1. The van der Waals surface area contributed by atoms with Crippen molar-refractivity contribution in [1.29, 1.82) is 0 Å². The second kappa shape index (κ2) is 7.89. The van der Waals surface area contributed by atoms with Crippen molar-refractivity contribution in [1.82, 2.24) is 14.5 Å². The largest absolute Gasteiger partial charge is 0.438 e. The summed E-state index contributed by atoms with van der Waals surface area (Å²) in [6, 6.07) is 5.68. The number of nitrogen functional groups attached to an aromatic ring is 1. The average Bonchev–Trinajstić information content (AvgIpc) is 3.57. The molecule has 0 atom stereocenters. The molecule has 1 saturated heterocycles. The second-order valence-corrected chi connectivity index (χ2v) is 9.07. The maximum Gasteiger partial charge on any atom is 0.281 e. The Morgan fingerprint density at radius 2 is 1.88 bits per heavy atom. The van der Waals surface area contributed by atoms with Crippen molar-refractivity contribution in [2.75, 3.05) is 32.0 Å². The highest BCUT2D eigenvalue weighted by Gasteiger charge is 2.30. The first-order valence-electron chi connectivity index (χ1n) is 11.4. The van der Waals surface area contributed by atoms with E-state index in [-0.39, 0.29) is 22.9 Å². The van der Waals surface area contributed by atoms with Gasteiger partial charge in [0.05, 0.1) is 31.0 Å². The minimum absolute atomic E-state index is 0.0562. The number of nitrogens with zero attached hydrogens (tertiary/aromatic N) is 3. The first-order valence-corrected chi connectivity index (χ1v) is 11.4. The molecule has 0 spiro atoms. The van der Waals surface area contributed by atoms with Crippen molar-refractivity contribution in [3.8, 4) is 11.1 Å². The number of halogens is 2. The molecule has 1 aliphatic heterocycles. The third kappa shape index (κ3) is 3.38. The van der Waals surface area contributed by atoms with E-state index in [1.165, 1.54) is 0 Å². The Morgan fingerprint density at radius 3 is 2.62 bits per heavy atom. The van der Waals surface area contributed by atoms with Gasteiger partial charge >= 0.3 is 0 Å². The van der Waals surface area contributed by atoms with Gasteiger partial charge in [-0.25, -0.2) is 13.8 Å². The van der Waals surface area contributed by atoms with Gasteiger partial charge in [-0.05, 0) is 43.0 Å². The minimum atomic E-state index is -0.686. The summed E-state index contributed by atoms with van der Waals surface area (Å²) in [5.74, 6) is -0.818. The standard InChI is InChI=1S/C25H24F2N4O3/c1-13-15(17-10-19(27)20(28)11-18(17)26)4-5-16-23(13)31(14-2-3-14)25(32)22-24(16)34-21(29-22)12-30-6-8-33-9-7-30/h4-5,10-11,14H,2-3,6-9,12,28H2,1H3. The summed E-state index contributed by atoms with van der Waals surface area (Å²) in [5.41, 5.74) is 7.76. The molecule has 2 fully saturated rings. The van der Waals surface area contributed by atoms with E-state index in [1.807, 2.05) is 6.92 Å². The van der Waals surface area contributed by atoms with Crippen LogP contribution in [0.2, 0.25) is 0 Å². The van der Waals surface area contributed by atoms with Crippen LogP contribution in [-0.2, 0) is 11.3 Å². The Hall–Kier alpha value is -3.30. The van der Waals surface area contributed by atoms with E-state index in [2.05, 4.69) is 9.88 Å². The summed E-state index contributed by atoms with van der Waals surface area (Å²) in [6.45, 7) is 5.18. The van der Waals surface area contributed by atoms with E-state index in [0.29, 0.717) is 53.4 Å². The maximum atomic E-state index is 14.8. The van der Waals surface area contributed by atoms with Crippen molar-refractivity contribution < 1.29 is 17.9 Å². The number of fused-ring (bicyclic) bond motifs is 3. The first kappa shape index (κ1) is 21.2. The van der Waals surface area contributed by atoms with Crippen LogP contribution in [0.1, 0.15) is 30.3 Å². The molecule has 0 radical (unpaired) electrons. The number of anilines is 1. The van der Waals surface area contributed by atoms with Crippen LogP contribution in [0, 0.1) is 18.6 Å². The van der Waals surface area contributed by atoms with E-state index < -0.39 is 11.6 Å². The highest BCUT2D eigenvalue weighted by Crippen LogP contribution is 2.41. The normalized spacial score (nSPS) is 17.1. The van der Waals surface area contributed by atoms with E-state index >= 15 is 0 Å². The van der Waals surface area contributed by atoms with Crippen LogP contribution in [0.3, 0.4) is 0 Å². The predicted molar refractivity (Wildman–Crippen MR) is 125 cm³/mol. The minimum Gasteiger partial charge on any atom is -0.438 e. The van der Waals surface area contributed by atoms with Crippen LogP contribution in [-0.4, -0.2) is 40.8 Å². The van der Waals surface area contributed by atoms with Gasteiger partial charge in [-0.2, -0.15) is 0 Å². The average molecular weight is 466 g/mol. The molecule has 3 heterocycles. The molecular formula is C25H24F2N4O3. The fourth-order valence-corrected chi connectivity index (χ4v) is 4.86. The fourth-order valence-electron chi connectivity index (χ4n) is 4.86. The first-order chi connectivity index (χ1) is 16.4. The van der Waals surface area contributed by atoms with E-state index in [9.17, 15) is 13.6 Å². The summed E-state index contributed by atoms with van der Waals surface area (Å²) in [5, 5.41) is 0.736. The lowest BCUT2D eigenvalue weighted by atomic mass is 9.96. The van der Waals surface area contributed by atoms with Crippen molar-refractivity contribution in [2.45, 2.75) is 32.4 Å². The zero-order valence-corrected chi connectivity index (χ0v) is 18.7. The van der Waals surface area contributed by atoms with E-state index in [4.69, 9.17) is 14.9 Å². The molecule has 9 heteroatoms. The summed E-state index contributed by atoms with van der Waals surface area (Å²) in [7, 11) is 0. The fraction of sp³-hybridized carbons (Fsp3) is 0.360. The molecule has 4 aromatic rings. The molecule has 6 rings (SSSR count). The summed E-state index contributed by atoms with van der Waals surface area (Å²) < 4.78 is 42.2. The number of aromatic nitrogens is 2. The Kier molecular flexibility index (Phi) is 4.93. The lowest BCUT2D eigenvalue weighted by Gasteiger charge is -2.24. The number of pyridine rings is 1. The zero-order valence-electron chi connectivity index (χ0n) is 18.7. The maximum absolute atomic E-state index is 14.8. The van der Waals surface area contributed by atoms with Crippen LogP contribution in [0.5, 0.6) is 0 Å².